The lowest BCUT2D eigenvalue weighted by Gasteiger charge is -2.27. The van der Waals surface area contributed by atoms with Gasteiger partial charge in [-0.25, -0.2) is 0 Å². The zero-order valence-corrected chi connectivity index (χ0v) is 13.2. The van der Waals surface area contributed by atoms with Crippen molar-refractivity contribution in [3.8, 4) is 0 Å². The van der Waals surface area contributed by atoms with E-state index < -0.39 is 0 Å². The van der Waals surface area contributed by atoms with Gasteiger partial charge in [0.05, 0.1) is 5.71 Å². The zero-order valence-electron chi connectivity index (χ0n) is 11.7. The van der Waals surface area contributed by atoms with Crippen molar-refractivity contribution < 1.29 is 0 Å². The molecule has 0 radical (unpaired) electrons. The summed E-state index contributed by atoms with van der Waals surface area (Å²) in [6.45, 7) is 1.64. The zero-order chi connectivity index (χ0) is 14.7. The van der Waals surface area contributed by atoms with Gasteiger partial charge in [-0.1, -0.05) is 11.6 Å². The normalized spacial score (nSPS) is 19.1. The van der Waals surface area contributed by atoms with Crippen molar-refractivity contribution in [1.29, 1.82) is 5.41 Å². The predicted octanol–water partition coefficient (Wildman–Crippen LogP) is 2.59. The van der Waals surface area contributed by atoms with Gasteiger partial charge in [-0.05, 0) is 49.2 Å². The highest BCUT2D eigenvalue weighted by Gasteiger charge is 2.20. The van der Waals surface area contributed by atoms with Gasteiger partial charge in [-0.15, -0.1) is 0 Å². The number of hydrogen-bond acceptors (Lipinski definition) is 5. The Morgan fingerprint density at radius 2 is 2.20 bits per heavy atom. The molecular formula is C14H19ClN4S. The van der Waals surface area contributed by atoms with Crippen LogP contribution in [0, 0.1) is 5.41 Å². The third kappa shape index (κ3) is 3.35. The lowest BCUT2D eigenvalue weighted by Crippen LogP contribution is -2.34. The fourth-order valence-corrected chi connectivity index (χ4v) is 3.11. The first-order chi connectivity index (χ1) is 9.55. The highest BCUT2D eigenvalue weighted by molar-refractivity contribution is 7.97. The summed E-state index contributed by atoms with van der Waals surface area (Å²) in [5.41, 5.74) is 3.67. The molecule has 1 saturated heterocycles. The molecule has 6 heteroatoms. The maximum Gasteiger partial charge on any atom is 0.0507 e. The number of hydrogen-bond donors (Lipinski definition) is 3. The van der Waals surface area contributed by atoms with E-state index in [-0.39, 0.29) is 0 Å². The predicted molar refractivity (Wildman–Crippen MR) is 87.3 cm³/mol. The number of halogens is 1. The number of nitrogens with two attached hydrogens (primary N) is 1. The quantitative estimate of drug-likeness (QED) is 0.751. The molecule has 4 N–H and O–H groups in total. The summed E-state index contributed by atoms with van der Waals surface area (Å²) < 4.78 is 0. The van der Waals surface area contributed by atoms with Gasteiger partial charge in [-0.2, -0.15) is 0 Å². The first kappa shape index (κ1) is 15.4. The maximum absolute atomic E-state index is 8.21. The second kappa shape index (κ2) is 6.63. The Kier molecular flexibility index (Phi) is 5.10. The maximum atomic E-state index is 8.21. The van der Waals surface area contributed by atoms with Gasteiger partial charge in [0.2, 0.25) is 0 Å². The summed E-state index contributed by atoms with van der Waals surface area (Å²) in [6, 6.07) is 5.75. The minimum absolute atomic E-state index is 0.656. The fourth-order valence-electron chi connectivity index (χ4n) is 2.42. The van der Waals surface area contributed by atoms with E-state index in [4.69, 9.17) is 22.1 Å². The SMILES string of the molecule is CN/C(=C1/CCN(C)CC1=N)c1cc(Cl)cc(SN)c1. The molecule has 0 aliphatic carbocycles. The minimum Gasteiger partial charge on any atom is -0.387 e. The summed E-state index contributed by atoms with van der Waals surface area (Å²) in [5, 5.41) is 17.7. The molecule has 108 valence electrons. The van der Waals surface area contributed by atoms with Crippen molar-refractivity contribution in [3.05, 3.63) is 34.4 Å². The molecule has 1 fully saturated rings. The van der Waals surface area contributed by atoms with Crippen molar-refractivity contribution in [2.24, 2.45) is 5.14 Å². The Morgan fingerprint density at radius 3 is 2.80 bits per heavy atom. The second-order valence-electron chi connectivity index (χ2n) is 4.86. The standard InChI is InChI=1S/C14H19ClN4S/c1-18-14(12-3-4-19(2)8-13(12)16)9-5-10(15)7-11(6-9)20-17/h5-7,16,18H,3-4,8,17H2,1-2H3/b14-12-,16-13?. The van der Waals surface area contributed by atoms with Crippen molar-refractivity contribution in [1.82, 2.24) is 10.2 Å². The van der Waals surface area contributed by atoms with Crippen LogP contribution in [-0.4, -0.2) is 37.8 Å². The Morgan fingerprint density at radius 1 is 1.45 bits per heavy atom. The van der Waals surface area contributed by atoms with Gasteiger partial charge < -0.3 is 15.6 Å². The van der Waals surface area contributed by atoms with Crippen molar-refractivity contribution >= 4 is 35.0 Å². The van der Waals surface area contributed by atoms with E-state index in [0.717, 1.165) is 34.7 Å². The van der Waals surface area contributed by atoms with Crippen molar-refractivity contribution in [2.75, 3.05) is 27.2 Å². The van der Waals surface area contributed by atoms with Crippen molar-refractivity contribution in [3.63, 3.8) is 0 Å². The van der Waals surface area contributed by atoms with Gasteiger partial charge in [-0.3, -0.25) is 5.14 Å². The Labute approximate surface area is 129 Å². The molecule has 0 unspecified atom stereocenters. The Balaban J connectivity index is 2.46. The molecule has 1 aliphatic heterocycles. The van der Waals surface area contributed by atoms with Crippen LogP contribution in [-0.2, 0) is 0 Å². The minimum atomic E-state index is 0.656. The molecule has 0 bridgehead atoms. The molecule has 1 aromatic rings. The summed E-state index contributed by atoms with van der Waals surface area (Å²) >= 11 is 7.32. The van der Waals surface area contributed by atoms with E-state index in [9.17, 15) is 0 Å². The van der Waals surface area contributed by atoms with Crippen molar-refractivity contribution in [2.45, 2.75) is 11.3 Å². The van der Waals surface area contributed by atoms with Crippen LogP contribution in [0.2, 0.25) is 5.02 Å². The van der Waals surface area contributed by atoms with Crippen LogP contribution in [0.1, 0.15) is 12.0 Å². The lowest BCUT2D eigenvalue weighted by molar-refractivity contribution is 0.372. The second-order valence-corrected chi connectivity index (χ2v) is 6.01. The lowest BCUT2D eigenvalue weighted by atomic mass is 9.96. The summed E-state index contributed by atoms with van der Waals surface area (Å²) in [7, 11) is 3.91. The third-order valence-corrected chi connectivity index (χ3v) is 4.11. The Hall–Kier alpha value is -1.01. The molecule has 0 aromatic heterocycles. The molecule has 1 aromatic carbocycles. The molecule has 0 amide bonds. The van der Waals surface area contributed by atoms with Gasteiger partial charge in [0.1, 0.15) is 0 Å². The molecular weight excluding hydrogens is 292 g/mol. The highest BCUT2D eigenvalue weighted by Crippen LogP contribution is 2.28. The first-order valence-electron chi connectivity index (χ1n) is 6.40. The molecule has 0 spiro atoms. The van der Waals surface area contributed by atoms with E-state index in [1.165, 1.54) is 11.9 Å². The summed E-state index contributed by atoms with van der Waals surface area (Å²) in [6.07, 6.45) is 0.864. The molecule has 20 heavy (non-hydrogen) atoms. The van der Waals surface area contributed by atoms with Crippen LogP contribution >= 0.6 is 23.5 Å². The van der Waals surface area contributed by atoms with Gasteiger partial charge in [0, 0.05) is 41.3 Å². The molecule has 0 saturated carbocycles. The van der Waals surface area contributed by atoms with Crippen LogP contribution < -0.4 is 10.5 Å². The van der Waals surface area contributed by atoms with Gasteiger partial charge in [0.25, 0.3) is 0 Å². The molecule has 4 nitrogen and oxygen atoms in total. The number of piperidine rings is 1. The van der Waals surface area contributed by atoms with Crippen LogP contribution in [0.3, 0.4) is 0 Å². The van der Waals surface area contributed by atoms with Crippen LogP contribution in [0.5, 0.6) is 0 Å². The van der Waals surface area contributed by atoms with Crippen LogP contribution in [0.25, 0.3) is 5.70 Å². The number of likely N-dealkylation sites (tertiary alicyclic amines) is 1. The molecule has 0 atom stereocenters. The summed E-state index contributed by atoms with van der Waals surface area (Å²) in [4.78, 5) is 3.07. The average molecular weight is 311 g/mol. The van der Waals surface area contributed by atoms with Crippen LogP contribution in [0.15, 0.2) is 28.7 Å². The summed E-state index contributed by atoms with van der Waals surface area (Å²) in [5.74, 6) is 0. The number of rotatable bonds is 3. The fraction of sp³-hybridized carbons (Fsp3) is 0.357. The van der Waals surface area contributed by atoms with E-state index >= 15 is 0 Å². The molecule has 1 aliphatic rings. The number of nitrogens with one attached hydrogen (secondary N) is 2. The Bertz CT molecular complexity index is 556. The molecule has 2 rings (SSSR count). The van der Waals surface area contributed by atoms with Gasteiger partial charge >= 0.3 is 0 Å². The first-order valence-corrected chi connectivity index (χ1v) is 7.66. The highest BCUT2D eigenvalue weighted by atomic mass is 35.5. The smallest absolute Gasteiger partial charge is 0.0507 e. The molecule has 1 heterocycles. The topological polar surface area (TPSA) is 65.1 Å². The number of nitrogens with zero attached hydrogens (tertiary/aromatic N) is 1. The number of benzene rings is 1. The average Bonchev–Trinajstić information content (AvgIpc) is 2.41. The van der Waals surface area contributed by atoms with Gasteiger partial charge in [0.15, 0.2) is 0 Å². The van der Waals surface area contributed by atoms with Crippen LogP contribution in [0.4, 0.5) is 0 Å². The van der Waals surface area contributed by atoms with E-state index in [2.05, 4.69) is 10.2 Å². The largest absolute Gasteiger partial charge is 0.387 e. The third-order valence-electron chi connectivity index (χ3n) is 3.38. The monoisotopic (exact) mass is 310 g/mol. The van der Waals surface area contributed by atoms with E-state index in [0.29, 0.717) is 17.3 Å². The van der Waals surface area contributed by atoms with E-state index in [1.54, 1.807) is 0 Å². The van der Waals surface area contributed by atoms with E-state index in [1.807, 2.05) is 32.3 Å².